The lowest BCUT2D eigenvalue weighted by Crippen LogP contribution is -2.33. The van der Waals surface area contributed by atoms with Crippen molar-refractivity contribution in [3.63, 3.8) is 0 Å². The maximum atomic E-state index is 12.9. The van der Waals surface area contributed by atoms with Crippen molar-refractivity contribution < 1.29 is 14.3 Å². The van der Waals surface area contributed by atoms with Crippen molar-refractivity contribution >= 4 is 16.6 Å². The summed E-state index contributed by atoms with van der Waals surface area (Å²) in [6, 6.07) is 21.3. The number of Topliss-reactive ketones (excluding diaryl/α,β-unsaturated/α-hetero) is 1. The highest BCUT2D eigenvalue weighted by atomic mass is 16.5. The Morgan fingerprint density at radius 2 is 1.72 bits per heavy atom. The number of hydrogen-bond acceptors (Lipinski definition) is 4. The number of carbonyl (C=O) groups is 1. The highest BCUT2D eigenvalue weighted by molar-refractivity contribution is 6.12. The molecule has 1 unspecified atom stereocenters. The first-order valence-corrected chi connectivity index (χ1v) is 8.30. The van der Waals surface area contributed by atoms with Crippen LogP contribution in [0.2, 0.25) is 0 Å². The fraction of sp³-hybridized carbons (Fsp3) is 0.190. The van der Waals surface area contributed by atoms with Gasteiger partial charge in [0.25, 0.3) is 0 Å². The van der Waals surface area contributed by atoms with Gasteiger partial charge in [0.15, 0.2) is 6.23 Å². The summed E-state index contributed by atoms with van der Waals surface area (Å²) in [6.45, 7) is 2.56. The molecule has 4 nitrogen and oxygen atoms in total. The minimum absolute atomic E-state index is 0.276. The summed E-state index contributed by atoms with van der Waals surface area (Å²) in [4.78, 5) is 12.9. The van der Waals surface area contributed by atoms with E-state index in [9.17, 15) is 4.79 Å². The lowest BCUT2D eigenvalue weighted by Gasteiger charge is -2.17. The first kappa shape index (κ1) is 17.1. The van der Waals surface area contributed by atoms with Crippen LogP contribution in [0.25, 0.3) is 10.8 Å². The van der Waals surface area contributed by atoms with Crippen molar-refractivity contribution in [3.05, 3.63) is 77.9 Å². The average Bonchev–Trinajstić information content (AvgIpc) is 2.66. The van der Waals surface area contributed by atoms with E-state index in [0.29, 0.717) is 24.5 Å². The highest BCUT2D eigenvalue weighted by Gasteiger charge is 2.22. The van der Waals surface area contributed by atoms with Gasteiger partial charge in [-0.25, -0.2) is 0 Å². The van der Waals surface area contributed by atoms with E-state index in [1.807, 2.05) is 73.7 Å². The Hall–Kier alpha value is -2.69. The summed E-state index contributed by atoms with van der Waals surface area (Å²) in [5, 5.41) is 1.77. The fourth-order valence-corrected chi connectivity index (χ4v) is 2.76. The quantitative estimate of drug-likeness (QED) is 0.525. The number of benzene rings is 3. The molecule has 2 N–H and O–H groups in total. The molecule has 0 aliphatic heterocycles. The lowest BCUT2D eigenvalue weighted by atomic mass is 9.99. The lowest BCUT2D eigenvalue weighted by molar-refractivity contribution is 0.0477. The normalized spacial score (nSPS) is 12.1. The molecule has 25 heavy (non-hydrogen) atoms. The van der Waals surface area contributed by atoms with Gasteiger partial charge in [0, 0.05) is 6.61 Å². The van der Waals surface area contributed by atoms with Crippen molar-refractivity contribution in [1.29, 1.82) is 0 Å². The molecule has 3 rings (SSSR count). The Morgan fingerprint density at radius 3 is 2.48 bits per heavy atom. The molecule has 0 aromatic heterocycles. The Bertz CT molecular complexity index is 861. The predicted octanol–water partition coefficient (Wildman–Crippen LogP) is 3.92. The maximum absolute atomic E-state index is 12.9. The predicted molar refractivity (Wildman–Crippen MR) is 98.7 cm³/mol. The molecule has 0 bridgehead atoms. The molecule has 0 saturated carbocycles. The molecule has 128 valence electrons. The molecular formula is C21H21NO3. The van der Waals surface area contributed by atoms with Crippen molar-refractivity contribution in [2.24, 2.45) is 5.73 Å². The zero-order chi connectivity index (χ0) is 17.6. The number of nitrogens with two attached hydrogens (primary N) is 1. The molecule has 0 aliphatic carbocycles. The number of ether oxygens (including phenoxy) is 2. The first-order chi connectivity index (χ1) is 12.2. The van der Waals surface area contributed by atoms with Crippen molar-refractivity contribution in [1.82, 2.24) is 0 Å². The number of carbonyl (C=O) groups excluding carboxylic acids is 1. The van der Waals surface area contributed by atoms with Crippen LogP contribution in [0.1, 0.15) is 22.8 Å². The van der Waals surface area contributed by atoms with Crippen LogP contribution in [0.15, 0.2) is 66.7 Å². The van der Waals surface area contributed by atoms with Gasteiger partial charge in [0.05, 0.1) is 5.56 Å². The molecule has 4 heteroatoms. The fourth-order valence-electron chi connectivity index (χ4n) is 2.76. The van der Waals surface area contributed by atoms with E-state index in [4.69, 9.17) is 15.2 Å². The molecule has 0 radical (unpaired) electrons. The number of fused-ring (bicyclic) bond motifs is 1. The van der Waals surface area contributed by atoms with E-state index in [0.717, 1.165) is 16.3 Å². The van der Waals surface area contributed by atoms with Gasteiger partial charge in [-0.3, -0.25) is 10.5 Å². The van der Waals surface area contributed by atoms with Crippen LogP contribution < -0.4 is 10.5 Å². The molecule has 0 amide bonds. The van der Waals surface area contributed by atoms with Crippen molar-refractivity contribution in [2.45, 2.75) is 19.8 Å². The largest absolute Gasteiger partial charge is 0.488 e. The second-order valence-electron chi connectivity index (χ2n) is 5.67. The third kappa shape index (κ3) is 3.87. The zero-order valence-corrected chi connectivity index (χ0v) is 14.1. The van der Waals surface area contributed by atoms with Crippen LogP contribution in [0.3, 0.4) is 0 Å². The van der Waals surface area contributed by atoms with E-state index in [1.54, 1.807) is 0 Å². The van der Waals surface area contributed by atoms with Gasteiger partial charge in [-0.2, -0.15) is 0 Å². The molecule has 0 spiro atoms. The van der Waals surface area contributed by atoms with E-state index in [1.165, 1.54) is 0 Å². The van der Waals surface area contributed by atoms with Gasteiger partial charge in [-0.15, -0.1) is 0 Å². The number of rotatable bonds is 7. The van der Waals surface area contributed by atoms with Gasteiger partial charge < -0.3 is 9.47 Å². The van der Waals surface area contributed by atoms with Crippen LogP contribution in [0.5, 0.6) is 5.75 Å². The van der Waals surface area contributed by atoms with E-state index in [-0.39, 0.29) is 5.78 Å². The first-order valence-electron chi connectivity index (χ1n) is 8.30. The molecule has 1 atom stereocenters. The van der Waals surface area contributed by atoms with Gasteiger partial charge >= 0.3 is 0 Å². The van der Waals surface area contributed by atoms with Crippen LogP contribution in [-0.4, -0.2) is 18.6 Å². The van der Waals surface area contributed by atoms with E-state index >= 15 is 0 Å². The number of ketones is 1. The summed E-state index contributed by atoms with van der Waals surface area (Å²) < 4.78 is 11.2. The molecule has 0 saturated heterocycles. The van der Waals surface area contributed by atoms with Gasteiger partial charge in [0.2, 0.25) is 5.78 Å². The van der Waals surface area contributed by atoms with Crippen LogP contribution >= 0.6 is 0 Å². The molecule has 0 heterocycles. The number of hydrogen-bond donors (Lipinski definition) is 1. The Balaban J connectivity index is 1.99. The minimum Gasteiger partial charge on any atom is -0.488 e. The van der Waals surface area contributed by atoms with Gasteiger partial charge in [-0.05, 0) is 29.3 Å². The Morgan fingerprint density at radius 1 is 1.00 bits per heavy atom. The third-order valence-corrected chi connectivity index (χ3v) is 3.98. The van der Waals surface area contributed by atoms with Crippen LogP contribution in [0.4, 0.5) is 0 Å². The SMILES string of the molecule is CCOC(N)C(=O)c1c(OCc2ccccc2)ccc2ccccc12. The summed E-state index contributed by atoms with van der Waals surface area (Å²) in [5.74, 6) is 0.240. The molecular weight excluding hydrogens is 314 g/mol. The summed E-state index contributed by atoms with van der Waals surface area (Å²) >= 11 is 0. The molecule has 0 fully saturated rings. The zero-order valence-electron chi connectivity index (χ0n) is 14.1. The van der Waals surface area contributed by atoms with Gasteiger partial charge in [-0.1, -0.05) is 60.7 Å². The Kier molecular flexibility index (Phi) is 5.43. The summed E-state index contributed by atoms with van der Waals surface area (Å²) in [5.41, 5.74) is 7.40. The van der Waals surface area contributed by atoms with E-state index < -0.39 is 6.23 Å². The van der Waals surface area contributed by atoms with Crippen molar-refractivity contribution in [3.8, 4) is 5.75 Å². The smallest absolute Gasteiger partial charge is 0.210 e. The summed E-state index contributed by atoms with van der Waals surface area (Å²) in [6.07, 6.45) is -1.00. The third-order valence-electron chi connectivity index (χ3n) is 3.98. The Labute approximate surface area is 147 Å². The van der Waals surface area contributed by atoms with Crippen molar-refractivity contribution in [2.75, 3.05) is 6.61 Å². The maximum Gasteiger partial charge on any atom is 0.210 e. The topological polar surface area (TPSA) is 61.5 Å². The molecule has 3 aromatic carbocycles. The second kappa shape index (κ2) is 7.92. The highest BCUT2D eigenvalue weighted by Crippen LogP contribution is 2.30. The summed E-state index contributed by atoms with van der Waals surface area (Å²) in [7, 11) is 0. The van der Waals surface area contributed by atoms with Gasteiger partial charge in [0.1, 0.15) is 12.4 Å². The van der Waals surface area contributed by atoms with E-state index in [2.05, 4.69) is 0 Å². The van der Waals surface area contributed by atoms with Crippen LogP contribution in [0, 0.1) is 0 Å². The average molecular weight is 335 g/mol. The van der Waals surface area contributed by atoms with Crippen LogP contribution in [-0.2, 0) is 11.3 Å². The second-order valence-corrected chi connectivity index (χ2v) is 5.67. The minimum atomic E-state index is -1.00. The molecule has 3 aromatic rings. The monoisotopic (exact) mass is 335 g/mol. The standard InChI is InChI=1S/C21H21NO3/c1-2-24-21(22)20(23)19-17-11-7-6-10-16(17)12-13-18(19)25-14-15-8-4-3-5-9-15/h3-13,21H,2,14,22H2,1H3. The molecule has 0 aliphatic rings.